The monoisotopic (exact) mass is 262 g/mol. The zero-order valence-electron chi connectivity index (χ0n) is 10.8. The second-order valence-electron chi connectivity index (χ2n) is 4.97. The first-order chi connectivity index (χ1) is 9.15. The van der Waals surface area contributed by atoms with Gasteiger partial charge in [-0.2, -0.15) is 0 Å². The quantitative estimate of drug-likeness (QED) is 0.805. The normalized spacial score (nSPS) is 14.1. The number of carboxylic acid groups (broad SMARTS) is 1. The van der Waals surface area contributed by atoms with E-state index in [4.69, 9.17) is 5.11 Å². The Hall–Kier alpha value is -1.91. The number of carboxylic acids is 1. The molecule has 2 rings (SSSR count). The van der Waals surface area contributed by atoms with Crippen molar-refractivity contribution in [3.8, 4) is 0 Å². The SMILES string of the molecule is O=C(O)CN(CC1CC1)C(=O)CCc1cccnc1. The van der Waals surface area contributed by atoms with E-state index in [-0.39, 0.29) is 12.5 Å². The molecule has 0 atom stereocenters. The highest BCUT2D eigenvalue weighted by Crippen LogP contribution is 2.29. The highest BCUT2D eigenvalue weighted by molar-refractivity contribution is 5.81. The van der Waals surface area contributed by atoms with E-state index in [1.807, 2.05) is 12.1 Å². The van der Waals surface area contributed by atoms with E-state index in [0.29, 0.717) is 25.3 Å². The summed E-state index contributed by atoms with van der Waals surface area (Å²) in [6.07, 6.45) is 6.57. The average Bonchev–Trinajstić information content (AvgIpc) is 3.20. The summed E-state index contributed by atoms with van der Waals surface area (Å²) in [7, 11) is 0. The van der Waals surface area contributed by atoms with E-state index >= 15 is 0 Å². The minimum absolute atomic E-state index is 0.0850. The van der Waals surface area contributed by atoms with Gasteiger partial charge in [0, 0.05) is 25.4 Å². The first kappa shape index (κ1) is 13.5. The van der Waals surface area contributed by atoms with E-state index in [9.17, 15) is 9.59 Å². The molecule has 1 aromatic rings. The van der Waals surface area contributed by atoms with Crippen LogP contribution in [0.3, 0.4) is 0 Å². The fourth-order valence-corrected chi connectivity index (χ4v) is 1.99. The van der Waals surface area contributed by atoms with Gasteiger partial charge in [-0.15, -0.1) is 0 Å². The summed E-state index contributed by atoms with van der Waals surface area (Å²) < 4.78 is 0. The van der Waals surface area contributed by atoms with E-state index < -0.39 is 5.97 Å². The molecule has 19 heavy (non-hydrogen) atoms. The Kier molecular flexibility index (Phi) is 4.49. The zero-order valence-corrected chi connectivity index (χ0v) is 10.8. The number of hydrogen-bond donors (Lipinski definition) is 1. The lowest BCUT2D eigenvalue weighted by Gasteiger charge is -2.20. The minimum Gasteiger partial charge on any atom is -0.480 e. The summed E-state index contributed by atoms with van der Waals surface area (Å²) >= 11 is 0. The topological polar surface area (TPSA) is 70.5 Å². The maximum atomic E-state index is 12.1. The molecule has 5 nitrogen and oxygen atoms in total. The molecule has 1 aromatic heterocycles. The van der Waals surface area contributed by atoms with Gasteiger partial charge in [-0.25, -0.2) is 0 Å². The number of carbonyl (C=O) groups is 2. The third-order valence-electron chi connectivity index (χ3n) is 3.20. The van der Waals surface area contributed by atoms with Gasteiger partial charge in [-0.3, -0.25) is 14.6 Å². The van der Waals surface area contributed by atoms with Crippen molar-refractivity contribution in [3.63, 3.8) is 0 Å². The maximum absolute atomic E-state index is 12.1. The van der Waals surface area contributed by atoms with Gasteiger partial charge in [-0.05, 0) is 36.8 Å². The van der Waals surface area contributed by atoms with Gasteiger partial charge in [0.05, 0.1) is 0 Å². The predicted octanol–water partition coefficient (Wildman–Crippen LogP) is 1.34. The van der Waals surface area contributed by atoms with Gasteiger partial charge in [0.15, 0.2) is 0 Å². The second kappa shape index (κ2) is 6.31. The van der Waals surface area contributed by atoms with Gasteiger partial charge in [0.1, 0.15) is 6.54 Å². The molecule has 0 unspecified atom stereocenters. The largest absolute Gasteiger partial charge is 0.480 e. The standard InChI is InChI=1S/C14H18N2O3/c17-13(6-5-11-2-1-7-15-8-11)16(10-14(18)19)9-12-3-4-12/h1-2,7-8,12H,3-6,9-10H2,(H,18,19). The summed E-state index contributed by atoms with van der Waals surface area (Å²) in [6.45, 7) is 0.389. The molecule has 1 fully saturated rings. The number of carbonyl (C=O) groups excluding carboxylic acids is 1. The van der Waals surface area contributed by atoms with Crippen LogP contribution in [0, 0.1) is 5.92 Å². The van der Waals surface area contributed by atoms with Gasteiger partial charge < -0.3 is 10.0 Å². The Morgan fingerprint density at radius 2 is 2.21 bits per heavy atom. The Morgan fingerprint density at radius 3 is 2.79 bits per heavy atom. The lowest BCUT2D eigenvalue weighted by molar-refractivity contribution is -0.144. The smallest absolute Gasteiger partial charge is 0.323 e. The molecular formula is C14H18N2O3. The molecule has 1 aliphatic carbocycles. The van der Waals surface area contributed by atoms with Crippen molar-refractivity contribution in [3.05, 3.63) is 30.1 Å². The van der Waals surface area contributed by atoms with Crippen LogP contribution in [0.5, 0.6) is 0 Å². The summed E-state index contributed by atoms with van der Waals surface area (Å²) in [5.74, 6) is -0.532. The fraction of sp³-hybridized carbons (Fsp3) is 0.500. The van der Waals surface area contributed by atoms with Crippen LogP contribution in [0.15, 0.2) is 24.5 Å². The molecule has 1 heterocycles. The molecule has 0 radical (unpaired) electrons. The molecule has 0 bridgehead atoms. The number of aliphatic carboxylic acids is 1. The molecule has 0 aliphatic heterocycles. The van der Waals surface area contributed by atoms with Crippen LogP contribution in [0.1, 0.15) is 24.8 Å². The highest BCUT2D eigenvalue weighted by atomic mass is 16.4. The van der Waals surface area contributed by atoms with Crippen molar-refractivity contribution in [1.82, 2.24) is 9.88 Å². The number of amides is 1. The summed E-state index contributed by atoms with van der Waals surface area (Å²) in [5.41, 5.74) is 0.998. The van der Waals surface area contributed by atoms with E-state index in [1.165, 1.54) is 4.90 Å². The first-order valence-electron chi connectivity index (χ1n) is 6.53. The van der Waals surface area contributed by atoms with Crippen molar-refractivity contribution >= 4 is 11.9 Å². The lowest BCUT2D eigenvalue weighted by Crippen LogP contribution is -2.37. The van der Waals surface area contributed by atoms with Crippen LogP contribution in [0.4, 0.5) is 0 Å². The Balaban J connectivity index is 1.85. The molecule has 1 amide bonds. The van der Waals surface area contributed by atoms with Crippen LogP contribution in [0.2, 0.25) is 0 Å². The number of aromatic nitrogens is 1. The molecule has 1 N–H and O–H groups in total. The second-order valence-corrected chi connectivity index (χ2v) is 4.97. The van der Waals surface area contributed by atoms with Gasteiger partial charge in [0.2, 0.25) is 5.91 Å². The van der Waals surface area contributed by atoms with Crippen molar-refractivity contribution < 1.29 is 14.7 Å². The predicted molar refractivity (Wildman–Crippen MR) is 69.5 cm³/mol. The van der Waals surface area contributed by atoms with E-state index in [2.05, 4.69) is 4.98 Å². The number of aryl methyl sites for hydroxylation is 1. The van der Waals surface area contributed by atoms with Gasteiger partial charge in [-0.1, -0.05) is 6.07 Å². The molecule has 0 spiro atoms. The summed E-state index contributed by atoms with van der Waals surface area (Å²) in [5, 5.41) is 8.85. The highest BCUT2D eigenvalue weighted by Gasteiger charge is 2.27. The molecule has 1 saturated carbocycles. The summed E-state index contributed by atoms with van der Waals surface area (Å²) in [4.78, 5) is 28.3. The Morgan fingerprint density at radius 1 is 1.42 bits per heavy atom. The molecule has 5 heteroatoms. The number of rotatable bonds is 7. The molecule has 102 valence electrons. The van der Waals surface area contributed by atoms with E-state index in [0.717, 1.165) is 18.4 Å². The fourth-order valence-electron chi connectivity index (χ4n) is 1.99. The van der Waals surface area contributed by atoms with Crippen LogP contribution < -0.4 is 0 Å². The van der Waals surface area contributed by atoms with Crippen molar-refractivity contribution in [1.29, 1.82) is 0 Å². The zero-order chi connectivity index (χ0) is 13.7. The third-order valence-corrected chi connectivity index (χ3v) is 3.20. The van der Waals surface area contributed by atoms with Crippen LogP contribution in [0.25, 0.3) is 0 Å². The van der Waals surface area contributed by atoms with Crippen molar-refractivity contribution in [2.45, 2.75) is 25.7 Å². The van der Waals surface area contributed by atoms with Crippen LogP contribution >= 0.6 is 0 Å². The Labute approximate surface area is 112 Å². The lowest BCUT2D eigenvalue weighted by atomic mass is 10.1. The van der Waals surface area contributed by atoms with Crippen LogP contribution in [-0.2, 0) is 16.0 Å². The maximum Gasteiger partial charge on any atom is 0.323 e. The Bertz CT molecular complexity index is 443. The first-order valence-corrected chi connectivity index (χ1v) is 6.53. The van der Waals surface area contributed by atoms with Gasteiger partial charge >= 0.3 is 5.97 Å². The average molecular weight is 262 g/mol. The molecular weight excluding hydrogens is 244 g/mol. The third kappa shape index (κ3) is 4.69. The molecule has 0 saturated heterocycles. The van der Waals surface area contributed by atoms with Crippen molar-refractivity contribution in [2.24, 2.45) is 5.92 Å². The molecule has 0 aromatic carbocycles. The number of nitrogens with zero attached hydrogens (tertiary/aromatic N) is 2. The molecule has 1 aliphatic rings. The van der Waals surface area contributed by atoms with Crippen molar-refractivity contribution in [2.75, 3.05) is 13.1 Å². The van der Waals surface area contributed by atoms with E-state index in [1.54, 1.807) is 12.4 Å². The number of hydrogen-bond acceptors (Lipinski definition) is 3. The summed E-state index contributed by atoms with van der Waals surface area (Å²) in [6, 6.07) is 3.75. The van der Waals surface area contributed by atoms with Crippen LogP contribution in [-0.4, -0.2) is 40.0 Å². The van der Waals surface area contributed by atoms with Gasteiger partial charge in [0.25, 0.3) is 0 Å². The minimum atomic E-state index is -0.949. The number of pyridine rings is 1.